The Balaban J connectivity index is 1.55. The van der Waals surface area contributed by atoms with E-state index in [0.717, 1.165) is 25.3 Å². The molecule has 2 heterocycles. The SMILES string of the molecule is O=C(COC(=O)C=Cc1ccco1)Nc1cccc(S(=O)(=O)N2CCCCC2)c1. The second-order valence-corrected chi connectivity index (χ2v) is 8.44. The van der Waals surface area contributed by atoms with Gasteiger partial charge in [-0.05, 0) is 49.2 Å². The van der Waals surface area contributed by atoms with Crippen LogP contribution in [0, 0.1) is 0 Å². The fourth-order valence-electron chi connectivity index (χ4n) is 2.91. The summed E-state index contributed by atoms with van der Waals surface area (Å²) in [5, 5.41) is 2.54. The number of ether oxygens (including phenoxy) is 1. The molecule has 3 rings (SSSR count). The molecule has 0 spiro atoms. The van der Waals surface area contributed by atoms with E-state index in [1.165, 1.54) is 28.8 Å². The minimum Gasteiger partial charge on any atom is -0.465 e. The fraction of sp³-hybridized carbons (Fsp3) is 0.300. The largest absolute Gasteiger partial charge is 0.465 e. The molecular weight excluding hydrogens is 396 g/mol. The van der Waals surface area contributed by atoms with Crippen LogP contribution in [0.3, 0.4) is 0 Å². The number of nitrogens with zero attached hydrogens (tertiary/aromatic N) is 1. The van der Waals surface area contributed by atoms with Crippen molar-refractivity contribution in [3.05, 3.63) is 54.5 Å². The van der Waals surface area contributed by atoms with Crippen molar-refractivity contribution in [2.75, 3.05) is 25.0 Å². The molecule has 1 aromatic carbocycles. The van der Waals surface area contributed by atoms with Gasteiger partial charge in [-0.1, -0.05) is 12.5 Å². The van der Waals surface area contributed by atoms with Crippen LogP contribution in [0.15, 0.2) is 58.1 Å². The third-order valence-electron chi connectivity index (χ3n) is 4.34. The number of amides is 1. The van der Waals surface area contributed by atoms with E-state index in [2.05, 4.69) is 5.32 Å². The van der Waals surface area contributed by atoms with Crippen molar-refractivity contribution in [2.24, 2.45) is 0 Å². The van der Waals surface area contributed by atoms with Gasteiger partial charge in [0.15, 0.2) is 6.61 Å². The summed E-state index contributed by atoms with van der Waals surface area (Å²) >= 11 is 0. The summed E-state index contributed by atoms with van der Waals surface area (Å²) in [5.41, 5.74) is 0.315. The molecule has 2 aromatic rings. The predicted molar refractivity (Wildman–Crippen MR) is 106 cm³/mol. The van der Waals surface area contributed by atoms with Crippen LogP contribution >= 0.6 is 0 Å². The standard InChI is InChI=1S/C20H22N2O6S/c23-19(15-28-20(24)10-9-17-7-5-13-27-17)21-16-6-4-8-18(14-16)29(25,26)22-11-2-1-3-12-22/h4-10,13-14H,1-3,11-12,15H2,(H,21,23). The number of piperidine rings is 1. The van der Waals surface area contributed by atoms with Crippen molar-refractivity contribution in [1.82, 2.24) is 4.31 Å². The first-order valence-electron chi connectivity index (χ1n) is 9.23. The van der Waals surface area contributed by atoms with Crippen LogP contribution in [-0.4, -0.2) is 44.3 Å². The topological polar surface area (TPSA) is 106 Å². The minimum atomic E-state index is -3.60. The van der Waals surface area contributed by atoms with Crippen LogP contribution in [0.2, 0.25) is 0 Å². The maximum atomic E-state index is 12.7. The van der Waals surface area contributed by atoms with Gasteiger partial charge < -0.3 is 14.5 Å². The quantitative estimate of drug-likeness (QED) is 0.547. The van der Waals surface area contributed by atoms with Crippen LogP contribution in [0.25, 0.3) is 6.08 Å². The Morgan fingerprint density at radius 3 is 2.66 bits per heavy atom. The number of hydrogen-bond donors (Lipinski definition) is 1. The monoisotopic (exact) mass is 418 g/mol. The molecule has 0 aliphatic carbocycles. The lowest BCUT2D eigenvalue weighted by atomic mass is 10.2. The lowest BCUT2D eigenvalue weighted by molar-refractivity contribution is -0.142. The van der Waals surface area contributed by atoms with Gasteiger partial charge in [0.05, 0.1) is 11.2 Å². The van der Waals surface area contributed by atoms with E-state index >= 15 is 0 Å². The normalized spacial score (nSPS) is 15.3. The van der Waals surface area contributed by atoms with Crippen LogP contribution in [0.4, 0.5) is 5.69 Å². The molecule has 0 saturated carbocycles. The maximum absolute atomic E-state index is 12.7. The van der Waals surface area contributed by atoms with Gasteiger partial charge >= 0.3 is 5.97 Å². The van der Waals surface area contributed by atoms with E-state index in [0.29, 0.717) is 24.5 Å². The Kier molecular flexibility index (Phi) is 6.84. The number of furan rings is 1. The molecule has 29 heavy (non-hydrogen) atoms. The molecule has 0 radical (unpaired) electrons. The molecule has 8 nitrogen and oxygen atoms in total. The first kappa shape index (κ1) is 20.8. The summed E-state index contributed by atoms with van der Waals surface area (Å²) in [6, 6.07) is 9.38. The third kappa shape index (κ3) is 5.78. The van der Waals surface area contributed by atoms with Crippen LogP contribution in [0.1, 0.15) is 25.0 Å². The number of carbonyl (C=O) groups excluding carboxylic acids is 2. The predicted octanol–water partition coefficient (Wildman–Crippen LogP) is 2.65. The highest BCUT2D eigenvalue weighted by atomic mass is 32.2. The molecule has 0 unspecified atom stereocenters. The number of carbonyl (C=O) groups is 2. The number of nitrogens with one attached hydrogen (secondary N) is 1. The zero-order valence-electron chi connectivity index (χ0n) is 15.7. The van der Waals surface area contributed by atoms with Gasteiger partial charge in [0, 0.05) is 24.9 Å². The molecule has 0 bridgehead atoms. The average molecular weight is 418 g/mol. The highest BCUT2D eigenvalue weighted by Crippen LogP contribution is 2.22. The zero-order chi connectivity index (χ0) is 20.7. The molecular formula is C20H22N2O6S. The Hall–Kier alpha value is -2.91. The molecule has 1 aliphatic rings. The molecule has 0 atom stereocenters. The van der Waals surface area contributed by atoms with Crippen molar-refractivity contribution in [3.63, 3.8) is 0 Å². The molecule has 1 aliphatic heterocycles. The van der Waals surface area contributed by atoms with E-state index in [9.17, 15) is 18.0 Å². The number of esters is 1. The Labute approximate surface area is 169 Å². The van der Waals surface area contributed by atoms with Crippen molar-refractivity contribution in [3.8, 4) is 0 Å². The first-order valence-corrected chi connectivity index (χ1v) is 10.7. The van der Waals surface area contributed by atoms with E-state index in [-0.39, 0.29) is 4.90 Å². The smallest absolute Gasteiger partial charge is 0.331 e. The number of anilines is 1. The van der Waals surface area contributed by atoms with Gasteiger partial charge in [-0.25, -0.2) is 13.2 Å². The van der Waals surface area contributed by atoms with Crippen molar-refractivity contribution < 1.29 is 27.2 Å². The highest BCUT2D eigenvalue weighted by molar-refractivity contribution is 7.89. The van der Waals surface area contributed by atoms with Gasteiger partial charge in [0.25, 0.3) is 5.91 Å². The van der Waals surface area contributed by atoms with E-state index in [1.54, 1.807) is 24.3 Å². The highest BCUT2D eigenvalue weighted by Gasteiger charge is 2.26. The molecule has 1 fully saturated rings. The first-order chi connectivity index (χ1) is 13.9. The van der Waals surface area contributed by atoms with Gasteiger partial charge in [-0.3, -0.25) is 4.79 Å². The van der Waals surface area contributed by atoms with Gasteiger partial charge in [-0.15, -0.1) is 0 Å². The van der Waals surface area contributed by atoms with Crippen molar-refractivity contribution >= 4 is 33.7 Å². The zero-order valence-corrected chi connectivity index (χ0v) is 16.6. The lowest BCUT2D eigenvalue weighted by Gasteiger charge is -2.26. The van der Waals surface area contributed by atoms with Crippen molar-refractivity contribution in [1.29, 1.82) is 0 Å². The lowest BCUT2D eigenvalue weighted by Crippen LogP contribution is -2.35. The third-order valence-corrected chi connectivity index (χ3v) is 6.24. The van der Waals surface area contributed by atoms with E-state index < -0.39 is 28.5 Å². The van der Waals surface area contributed by atoms with Gasteiger partial charge in [0.2, 0.25) is 10.0 Å². The summed E-state index contributed by atoms with van der Waals surface area (Å²) in [6.45, 7) is 0.505. The molecule has 1 aromatic heterocycles. The number of sulfonamides is 1. The summed E-state index contributed by atoms with van der Waals surface area (Å²) in [6.07, 6.45) is 6.76. The number of hydrogen-bond acceptors (Lipinski definition) is 6. The van der Waals surface area contributed by atoms with Crippen LogP contribution in [0.5, 0.6) is 0 Å². The molecule has 1 N–H and O–H groups in total. The van der Waals surface area contributed by atoms with E-state index in [4.69, 9.17) is 9.15 Å². The van der Waals surface area contributed by atoms with Gasteiger partial charge in [-0.2, -0.15) is 4.31 Å². The van der Waals surface area contributed by atoms with Crippen molar-refractivity contribution in [2.45, 2.75) is 24.2 Å². The fourth-order valence-corrected chi connectivity index (χ4v) is 4.47. The minimum absolute atomic E-state index is 0.121. The summed E-state index contributed by atoms with van der Waals surface area (Å²) in [4.78, 5) is 23.8. The maximum Gasteiger partial charge on any atom is 0.331 e. The van der Waals surface area contributed by atoms with Gasteiger partial charge in [0.1, 0.15) is 5.76 Å². The molecule has 1 saturated heterocycles. The van der Waals surface area contributed by atoms with Crippen LogP contribution in [-0.2, 0) is 24.3 Å². The van der Waals surface area contributed by atoms with E-state index in [1.807, 2.05) is 0 Å². The second kappa shape index (κ2) is 9.53. The molecule has 1 amide bonds. The second-order valence-electron chi connectivity index (χ2n) is 6.50. The summed E-state index contributed by atoms with van der Waals surface area (Å²) in [5.74, 6) is -0.784. The van der Waals surface area contributed by atoms with Crippen LogP contribution < -0.4 is 5.32 Å². The number of rotatable bonds is 7. The summed E-state index contributed by atoms with van der Waals surface area (Å²) in [7, 11) is -3.60. The number of benzene rings is 1. The summed E-state index contributed by atoms with van der Waals surface area (Å²) < 4.78 is 36.8. The Morgan fingerprint density at radius 2 is 1.93 bits per heavy atom. The molecule has 154 valence electrons. The Bertz CT molecular complexity index is 976. The Morgan fingerprint density at radius 1 is 1.14 bits per heavy atom. The average Bonchev–Trinajstić information content (AvgIpc) is 3.25. The molecule has 9 heteroatoms.